The van der Waals surface area contributed by atoms with E-state index in [1.54, 1.807) is 16.8 Å². The number of carbonyl (C=O) groups excluding carboxylic acids is 1. The van der Waals surface area contributed by atoms with Gasteiger partial charge in [0.15, 0.2) is 0 Å². The molecule has 2 amide bonds. The molecule has 1 aliphatic heterocycles. The molecule has 0 aromatic heterocycles. The Labute approximate surface area is 156 Å². The van der Waals surface area contributed by atoms with Gasteiger partial charge in [0.25, 0.3) is 0 Å². The molecule has 2 aliphatic rings. The van der Waals surface area contributed by atoms with Gasteiger partial charge in [-0.3, -0.25) is 9.69 Å². The van der Waals surface area contributed by atoms with E-state index in [-0.39, 0.29) is 25.2 Å². The lowest BCUT2D eigenvalue weighted by atomic mass is 9.82. The van der Waals surface area contributed by atoms with Crippen LogP contribution in [0.3, 0.4) is 0 Å². The molecular weight excluding hydrogens is 367 g/mol. The summed E-state index contributed by atoms with van der Waals surface area (Å²) in [6.07, 6.45) is -2.84. The van der Waals surface area contributed by atoms with Crippen LogP contribution >= 0.6 is 0 Å². The first-order valence-corrected chi connectivity index (χ1v) is 9.28. The van der Waals surface area contributed by atoms with Crippen LogP contribution in [0, 0.1) is 5.92 Å². The third kappa shape index (κ3) is 7.53. The number of hydrogen-bond acceptors (Lipinski definition) is 4. The Bertz CT molecular complexity index is 518. The minimum atomic E-state index is -4.23. The van der Waals surface area contributed by atoms with E-state index in [1.807, 2.05) is 0 Å². The predicted octanol–water partition coefficient (Wildman–Crippen LogP) is 1.92. The second-order valence-electron chi connectivity index (χ2n) is 7.45. The van der Waals surface area contributed by atoms with Crippen molar-refractivity contribution in [3.8, 4) is 0 Å². The van der Waals surface area contributed by atoms with Crippen molar-refractivity contribution in [3.05, 3.63) is 0 Å². The van der Waals surface area contributed by atoms with Gasteiger partial charge in [-0.05, 0) is 25.8 Å². The number of hydrogen-bond donors (Lipinski definition) is 2. The summed E-state index contributed by atoms with van der Waals surface area (Å²) < 4.78 is 43.9. The van der Waals surface area contributed by atoms with E-state index in [0.29, 0.717) is 32.5 Å². The Morgan fingerprint density at radius 2 is 2.00 bits per heavy atom. The normalized spacial score (nSPS) is 26.9. The zero-order chi connectivity index (χ0) is 20.0. The van der Waals surface area contributed by atoms with Crippen LogP contribution in [0.2, 0.25) is 0 Å². The van der Waals surface area contributed by atoms with Crippen molar-refractivity contribution >= 4 is 12.0 Å². The third-order valence-electron chi connectivity index (χ3n) is 5.06. The zero-order valence-corrected chi connectivity index (χ0v) is 15.5. The fourth-order valence-electron chi connectivity index (χ4n) is 3.85. The van der Waals surface area contributed by atoms with Crippen molar-refractivity contribution < 1.29 is 32.6 Å². The Hall–Kier alpha value is -1.55. The summed E-state index contributed by atoms with van der Waals surface area (Å²) in [7, 11) is 1.65. The number of nitrogens with one attached hydrogen (secondary N) is 1. The molecule has 10 heteroatoms. The smallest absolute Gasteiger partial charge is 0.389 e. The van der Waals surface area contributed by atoms with Crippen LogP contribution < -0.4 is 5.32 Å². The van der Waals surface area contributed by atoms with Gasteiger partial charge in [0.1, 0.15) is 0 Å². The Balaban J connectivity index is 1.87. The molecule has 2 N–H and O–H groups in total. The highest BCUT2D eigenvalue weighted by Crippen LogP contribution is 2.34. The molecule has 1 saturated heterocycles. The van der Waals surface area contributed by atoms with E-state index in [1.165, 1.54) is 0 Å². The molecule has 2 rings (SSSR count). The van der Waals surface area contributed by atoms with Crippen LogP contribution in [0.4, 0.5) is 18.0 Å². The highest BCUT2D eigenvalue weighted by atomic mass is 19.4. The van der Waals surface area contributed by atoms with Gasteiger partial charge in [-0.15, -0.1) is 0 Å². The molecule has 3 atom stereocenters. The number of rotatable bonds is 6. The molecule has 1 heterocycles. The molecule has 7 nitrogen and oxygen atoms in total. The van der Waals surface area contributed by atoms with Gasteiger partial charge < -0.3 is 20.1 Å². The first kappa shape index (κ1) is 21.7. The van der Waals surface area contributed by atoms with Crippen molar-refractivity contribution in [1.29, 1.82) is 0 Å². The summed E-state index contributed by atoms with van der Waals surface area (Å²) in [6, 6.07) is -0.841. The number of carboxylic acid groups (broad SMARTS) is 1. The van der Waals surface area contributed by atoms with E-state index < -0.39 is 30.5 Å². The summed E-state index contributed by atoms with van der Waals surface area (Å²) >= 11 is 0. The van der Waals surface area contributed by atoms with E-state index in [9.17, 15) is 22.8 Å². The topological polar surface area (TPSA) is 82.1 Å². The first-order chi connectivity index (χ1) is 12.6. The second-order valence-corrected chi connectivity index (χ2v) is 7.45. The van der Waals surface area contributed by atoms with E-state index in [0.717, 1.165) is 12.8 Å². The fraction of sp³-hybridized carbons (Fsp3) is 0.882. The minimum absolute atomic E-state index is 0.132. The number of alkyl halides is 3. The molecule has 0 spiro atoms. The van der Waals surface area contributed by atoms with E-state index in [2.05, 4.69) is 5.32 Å². The van der Waals surface area contributed by atoms with E-state index in [4.69, 9.17) is 9.84 Å². The summed E-state index contributed by atoms with van der Waals surface area (Å²) in [5, 5.41) is 11.6. The molecule has 1 unspecified atom stereocenters. The highest BCUT2D eigenvalue weighted by molar-refractivity contribution is 5.74. The van der Waals surface area contributed by atoms with Crippen LogP contribution in [-0.2, 0) is 9.53 Å². The lowest BCUT2D eigenvalue weighted by molar-refractivity contribution is -0.148. The number of amides is 2. The third-order valence-corrected chi connectivity index (χ3v) is 5.06. The van der Waals surface area contributed by atoms with Gasteiger partial charge in [0, 0.05) is 32.1 Å². The maximum absolute atomic E-state index is 12.8. The van der Waals surface area contributed by atoms with Crippen molar-refractivity contribution in [3.63, 3.8) is 0 Å². The van der Waals surface area contributed by atoms with Crippen LogP contribution in [0.25, 0.3) is 0 Å². The number of carboxylic acids is 1. The Morgan fingerprint density at radius 1 is 1.30 bits per heavy atom. The molecule has 27 heavy (non-hydrogen) atoms. The molecule has 2 fully saturated rings. The van der Waals surface area contributed by atoms with Crippen molar-refractivity contribution in [1.82, 2.24) is 15.1 Å². The SMILES string of the molecule is CN(CC(=O)O)CC1CN(C(=O)N[C@H]2CCCC[C@H]2CC(F)(F)F)CCO1. The summed E-state index contributed by atoms with van der Waals surface area (Å²) in [6.45, 7) is 1.19. The molecule has 0 bridgehead atoms. The summed E-state index contributed by atoms with van der Waals surface area (Å²) in [4.78, 5) is 26.4. The maximum atomic E-state index is 12.8. The number of ether oxygens (including phenoxy) is 1. The number of carbonyl (C=O) groups is 2. The van der Waals surface area contributed by atoms with Crippen LogP contribution in [0.5, 0.6) is 0 Å². The number of likely N-dealkylation sites (N-methyl/N-ethyl adjacent to an activating group) is 1. The Kier molecular flexibility index (Phi) is 7.72. The predicted molar refractivity (Wildman–Crippen MR) is 91.4 cm³/mol. The van der Waals surface area contributed by atoms with Gasteiger partial charge in [0.2, 0.25) is 0 Å². The van der Waals surface area contributed by atoms with Crippen molar-refractivity contribution in [2.75, 3.05) is 39.8 Å². The maximum Gasteiger partial charge on any atom is 0.389 e. The number of halogens is 3. The van der Waals surface area contributed by atoms with Crippen LogP contribution in [0.1, 0.15) is 32.1 Å². The van der Waals surface area contributed by atoms with Crippen LogP contribution in [0.15, 0.2) is 0 Å². The van der Waals surface area contributed by atoms with E-state index >= 15 is 0 Å². The molecule has 0 radical (unpaired) electrons. The Morgan fingerprint density at radius 3 is 2.67 bits per heavy atom. The van der Waals surface area contributed by atoms with Crippen molar-refractivity contribution in [2.24, 2.45) is 5.92 Å². The molecule has 1 saturated carbocycles. The average molecular weight is 395 g/mol. The number of aliphatic carboxylic acids is 1. The molecule has 0 aromatic carbocycles. The van der Waals surface area contributed by atoms with Gasteiger partial charge in [-0.25, -0.2) is 4.79 Å². The largest absolute Gasteiger partial charge is 0.480 e. The van der Waals surface area contributed by atoms with Gasteiger partial charge in [0.05, 0.1) is 19.3 Å². The minimum Gasteiger partial charge on any atom is -0.480 e. The summed E-state index contributed by atoms with van der Waals surface area (Å²) in [5.41, 5.74) is 0. The lowest BCUT2D eigenvalue weighted by Crippen LogP contribution is -2.55. The zero-order valence-electron chi connectivity index (χ0n) is 15.5. The number of urea groups is 1. The van der Waals surface area contributed by atoms with Gasteiger partial charge in [-0.2, -0.15) is 13.2 Å². The van der Waals surface area contributed by atoms with Crippen molar-refractivity contribution in [2.45, 2.75) is 50.4 Å². The lowest BCUT2D eigenvalue weighted by Gasteiger charge is -2.38. The second kappa shape index (κ2) is 9.59. The fourth-order valence-corrected chi connectivity index (χ4v) is 3.85. The molecule has 0 aromatic rings. The highest BCUT2D eigenvalue weighted by Gasteiger charge is 2.38. The quantitative estimate of drug-likeness (QED) is 0.718. The number of nitrogens with zero attached hydrogens (tertiary/aromatic N) is 2. The average Bonchev–Trinajstić information content (AvgIpc) is 2.54. The molecular formula is C17H28F3N3O4. The van der Waals surface area contributed by atoms with Gasteiger partial charge >= 0.3 is 18.2 Å². The van der Waals surface area contributed by atoms with Gasteiger partial charge in [-0.1, -0.05) is 12.8 Å². The van der Waals surface area contributed by atoms with Crippen LogP contribution in [-0.4, -0.2) is 85.1 Å². The first-order valence-electron chi connectivity index (χ1n) is 9.28. The standard InChI is InChI=1S/C17H28F3N3O4/c1-22(11-15(24)25)9-13-10-23(6-7-27-13)16(26)21-14-5-3-2-4-12(14)8-17(18,19)20/h12-14H,2-11H2,1H3,(H,21,26)(H,24,25)/t12-,13?,14-/m0/s1. The number of morpholine rings is 1. The summed E-state index contributed by atoms with van der Waals surface area (Å²) in [5.74, 6) is -1.53. The monoisotopic (exact) mass is 395 g/mol. The molecule has 156 valence electrons. The molecule has 1 aliphatic carbocycles.